The second kappa shape index (κ2) is 5.03. The van der Waals surface area contributed by atoms with E-state index in [0.717, 1.165) is 0 Å². The van der Waals surface area contributed by atoms with E-state index in [9.17, 15) is 4.79 Å². The molecule has 0 radical (unpaired) electrons. The topological polar surface area (TPSA) is 69.9 Å². The van der Waals surface area contributed by atoms with E-state index >= 15 is 0 Å². The summed E-state index contributed by atoms with van der Waals surface area (Å²) in [7, 11) is 0. The van der Waals surface area contributed by atoms with Crippen LogP contribution in [0.1, 0.15) is 19.4 Å². The zero-order valence-electron chi connectivity index (χ0n) is 10.5. The molecule has 6 nitrogen and oxygen atoms in total. The number of hydrogen-bond donors (Lipinski definition) is 0. The van der Waals surface area contributed by atoms with Gasteiger partial charge < -0.3 is 9.30 Å². The highest BCUT2D eigenvalue weighted by atomic mass is 35.5. The van der Waals surface area contributed by atoms with E-state index in [2.05, 4.69) is 15.0 Å². The summed E-state index contributed by atoms with van der Waals surface area (Å²) in [6, 6.07) is -0.00798. The van der Waals surface area contributed by atoms with E-state index in [1.54, 1.807) is 6.33 Å². The number of allylic oxidation sites excluding steroid dienone is 1. The third kappa shape index (κ3) is 2.36. The van der Waals surface area contributed by atoms with Crippen molar-refractivity contribution in [2.24, 2.45) is 0 Å². The van der Waals surface area contributed by atoms with E-state index in [0.29, 0.717) is 17.6 Å². The minimum Gasteiger partial charge on any atom is -0.458 e. The molecule has 1 aliphatic rings. The monoisotopic (exact) mass is 312 g/mol. The fourth-order valence-electron chi connectivity index (χ4n) is 2.25. The van der Waals surface area contributed by atoms with Gasteiger partial charge in [-0.1, -0.05) is 17.7 Å². The lowest BCUT2D eigenvalue weighted by Crippen LogP contribution is -2.14. The standard InChI is InChI=1S/C12H10Cl2N4O2/c1-6(19)20-8-3-2-7(4-8)18-5-15-9-10(13)16-12(14)17-11(9)18/h2-3,5,7-8H,4H2,1H3/t7-,8+/m0/s1. The molecule has 3 rings (SSSR count). The molecule has 20 heavy (non-hydrogen) atoms. The van der Waals surface area contributed by atoms with Gasteiger partial charge in [-0.05, 0) is 17.7 Å². The molecule has 0 amide bonds. The summed E-state index contributed by atoms with van der Waals surface area (Å²) in [5.41, 5.74) is 1.06. The Balaban J connectivity index is 1.93. The van der Waals surface area contributed by atoms with Crippen molar-refractivity contribution >= 4 is 40.3 Å². The maximum absolute atomic E-state index is 11.0. The molecule has 2 aromatic heterocycles. The van der Waals surface area contributed by atoms with Crippen LogP contribution in [0.3, 0.4) is 0 Å². The largest absolute Gasteiger partial charge is 0.458 e. The molecule has 0 unspecified atom stereocenters. The highest BCUT2D eigenvalue weighted by Gasteiger charge is 2.24. The summed E-state index contributed by atoms with van der Waals surface area (Å²) < 4.78 is 7.00. The number of rotatable bonds is 2. The molecule has 0 saturated carbocycles. The van der Waals surface area contributed by atoms with Crippen LogP contribution in [-0.4, -0.2) is 31.6 Å². The smallest absolute Gasteiger partial charge is 0.303 e. The van der Waals surface area contributed by atoms with Gasteiger partial charge >= 0.3 is 5.97 Å². The predicted octanol–water partition coefficient (Wildman–Crippen LogP) is 2.57. The molecule has 0 aromatic carbocycles. The minimum atomic E-state index is -0.302. The molecule has 1 aliphatic carbocycles. The zero-order valence-corrected chi connectivity index (χ0v) is 12.0. The SMILES string of the molecule is CC(=O)O[C@@H]1C=C[C@H](n2cnc3c(Cl)nc(Cl)nc32)C1. The molecule has 2 heterocycles. The maximum atomic E-state index is 11.0. The first-order valence-corrected chi connectivity index (χ1v) is 6.71. The van der Waals surface area contributed by atoms with Gasteiger partial charge in [0.1, 0.15) is 11.6 Å². The Morgan fingerprint density at radius 1 is 1.40 bits per heavy atom. The van der Waals surface area contributed by atoms with Gasteiger partial charge in [0.2, 0.25) is 5.28 Å². The molecule has 0 aliphatic heterocycles. The predicted molar refractivity (Wildman–Crippen MR) is 73.7 cm³/mol. The number of nitrogens with zero attached hydrogens (tertiary/aromatic N) is 4. The van der Waals surface area contributed by atoms with Gasteiger partial charge in [0.15, 0.2) is 10.8 Å². The van der Waals surface area contributed by atoms with Crippen LogP contribution in [0.2, 0.25) is 10.4 Å². The highest BCUT2D eigenvalue weighted by Crippen LogP contribution is 2.29. The van der Waals surface area contributed by atoms with Gasteiger partial charge in [-0.15, -0.1) is 0 Å². The first kappa shape index (κ1) is 13.3. The first-order chi connectivity index (χ1) is 9.54. The molecule has 0 saturated heterocycles. The van der Waals surface area contributed by atoms with Gasteiger partial charge in [-0.3, -0.25) is 4.79 Å². The summed E-state index contributed by atoms with van der Waals surface area (Å²) in [5.74, 6) is -0.302. The van der Waals surface area contributed by atoms with Crippen LogP contribution in [0.25, 0.3) is 11.2 Å². The lowest BCUT2D eigenvalue weighted by Gasteiger charge is -2.13. The molecule has 2 aromatic rings. The van der Waals surface area contributed by atoms with Crippen LogP contribution in [0, 0.1) is 0 Å². The fraction of sp³-hybridized carbons (Fsp3) is 0.333. The number of hydrogen-bond acceptors (Lipinski definition) is 5. The molecule has 0 spiro atoms. The van der Waals surface area contributed by atoms with Crippen molar-refractivity contribution < 1.29 is 9.53 Å². The van der Waals surface area contributed by atoms with Crippen molar-refractivity contribution in [1.82, 2.24) is 19.5 Å². The Hall–Kier alpha value is -1.66. The molecular formula is C12H10Cl2N4O2. The van der Waals surface area contributed by atoms with Crippen molar-refractivity contribution in [3.63, 3.8) is 0 Å². The Kier molecular flexibility index (Phi) is 3.35. The first-order valence-electron chi connectivity index (χ1n) is 5.95. The summed E-state index contributed by atoms with van der Waals surface area (Å²) in [5, 5.41) is 0.292. The number of carbonyl (C=O) groups excluding carboxylic acids is 1. The molecular weight excluding hydrogens is 303 g/mol. The van der Waals surface area contributed by atoms with Crippen molar-refractivity contribution in [3.8, 4) is 0 Å². The average molecular weight is 313 g/mol. The lowest BCUT2D eigenvalue weighted by atomic mass is 10.2. The van der Waals surface area contributed by atoms with E-state index in [1.165, 1.54) is 6.92 Å². The minimum absolute atomic E-state index is 0.00798. The Labute approximate surface area is 124 Å². The van der Waals surface area contributed by atoms with Gasteiger partial charge in [-0.25, -0.2) is 9.97 Å². The fourth-order valence-corrected chi connectivity index (χ4v) is 2.68. The van der Waals surface area contributed by atoms with Crippen molar-refractivity contribution in [2.75, 3.05) is 0 Å². The number of esters is 1. The summed E-state index contributed by atoms with van der Waals surface area (Å²) in [6.07, 6.45) is 5.82. The van der Waals surface area contributed by atoms with Crippen molar-refractivity contribution in [3.05, 3.63) is 28.9 Å². The molecule has 2 atom stereocenters. The van der Waals surface area contributed by atoms with Gasteiger partial charge in [0.05, 0.1) is 12.4 Å². The van der Waals surface area contributed by atoms with Crippen LogP contribution in [0.5, 0.6) is 0 Å². The van der Waals surface area contributed by atoms with E-state index in [1.807, 2.05) is 16.7 Å². The Morgan fingerprint density at radius 3 is 2.95 bits per heavy atom. The Morgan fingerprint density at radius 2 is 2.20 bits per heavy atom. The summed E-state index contributed by atoms with van der Waals surface area (Å²) >= 11 is 11.8. The number of aromatic nitrogens is 4. The number of carbonyl (C=O) groups is 1. The molecule has 8 heteroatoms. The average Bonchev–Trinajstić information content (AvgIpc) is 2.94. The van der Waals surface area contributed by atoms with Crippen molar-refractivity contribution in [1.29, 1.82) is 0 Å². The zero-order chi connectivity index (χ0) is 14.3. The van der Waals surface area contributed by atoms with Gasteiger partial charge in [0.25, 0.3) is 0 Å². The van der Waals surface area contributed by atoms with Crippen LogP contribution >= 0.6 is 23.2 Å². The van der Waals surface area contributed by atoms with E-state index in [-0.39, 0.29) is 28.6 Å². The van der Waals surface area contributed by atoms with Gasteiger partial charge in [-0.2, -0.15) is 4.98 Å². The van der Waals surface area contributed by atoms with Crippen LogP contribution in [0.15, 0.2) is 18.5 Å². The van der Waals surface area contributed by atoms with Crippen LogP contribution in [-0.2, 0) is 9.53 Å². The summed E-state index contributed by atoms with van der Waals surface area (Å²) in [4.78, 5) is 23.2. The normalized spacial score (nSPS) is 21.6. The quantitative estimate of drug-likeness (QED) is 0.369. The lowest BCUT2D eigenvalue weighted by molar-refractivity contribution is -0.144. The van der Waals surface area contributed by atoms with Crippen LogP contribution < -0.4 is 0 Å². The van der Waals surface area contributed by atoms with E-state index < -0.39 is 0 Å². The van der Waals surface area contributed by atoms with Crippen LogP contribution in [0.4, 0.5) is 0 Å². The summed E-state index contributed by atoms with van der Waals surface area (Å²) in [6.45, 7) is 1.39. The third-order valence-electron chi connectivity index (χ3n) is 3.05. The number of imidazole rings is 1. The highest BCUT2D eigenvalue weighted by molar-refractivity contribution is 6.35. The second-order valence-electron chi connectivity index (χ2n) is 4.44. The maximum Gasteiger partial charge on any atom is 0.303 e. The molecule has 0 N–H and O–H groups in total. The number of ether oxygens (including phenoxy) is 1. The number of halogens is 2. The van der Waals surface area contributed by atoms with Crippen molar-refractivity contribution in [2.45, 2.75) is 25.5 Å². The molecule has 0 bridgehead atoms. The molecule has 0 fully saturated rings. The third-order valence-corrected chi connectivity index (χ3v) is 3.48. The number of fused-ring (bicyclic) bond motifs is 1. The second-order valence-corrected chi connectivity index (χ2v) is 5.14. The van der Waals surface area contributed by atoms with E-state index in [4.69, 9.17) is 27.9 Å². The molecule has 104 valence electrons. The Bertz CT molecular complexity index is 713. The van der Waals surface area contributed by atoms with Gasteiger partial charge in [0, 0.05) is 13.3 Å².